The molecule has 1 rings (SSSR count). The fraction of sp³-hybridized carbons (Fsp3) is 0.438. The van der Waals surface area contributed by atoms with Crippen molar-refractivity contribution in [3.63, 3.8) is 0 Å². The molecule has 0 fully saturated rings. The van der Waals surface area contributed by atoms with Gasteiger partial charge in [0.1, 0.15) is 5.82 Å². The highest BCUT2D eigenvalue weighted by Crippen LogP contribution is 2.22. The number of hydrogen-bond acceptors (Lipinski definition) is 3. The number of carboxylic acids is 1. The Morgan fingerprint density at radius 1 is 1.25 bits per heavy atom. The van der Waals surface area contributed by atoms with Crippen LogP contribution in [0.2, 0.25) is 5.02 Å². The minimum Gasteiger partial charge on any atom is -0.481 e. The highest BCUT2D eigenvalue weighted by Gasteiger charge is 2.19. The molecular formula is C16H20ClFN2O4. The second kappa shape index (κ2) is 9.87. The molecule has 0 saturated heterocycles. The molecule has 3 N–H and O–H groups in total. The minimum absolute atomic E-state index is 0.0727. The fourth-order valence-electron chi connectivity index (χ4n) is 2.12. The van der Waals surface area contributed by atoms with Crippen LogP contribution >= 0.6 is 11.6 Å². The molecule has 6 nitrogen and oxygen atoms in total. The molecule has 0 spiro atoms. The van der Waals surface area contributed by atoms with Gasteiger partial charge in [-0.3, -0.25) is 14.4 Å². The predicted molar refractivity (Wildman–Crippen MR) is 87.1 cm³/mol. The first-order valence-corrected chi connectivity index (χ1v) is 7.94. The first-order chi connectivity index (χ1) is 11.3. The second-order valence-corrected chi connectivity index (χ2v) is 5.61. The minimum atomic E-state index is -1.13. The number of hydrogen-bond donors (Lipinski definition) is 3. The Balaban J connectivity index is 2.65. The molecule has 0 aliphatic rings. The quantitative estimate of drug-likeness (QED) is 0.631. The lowest BCUT2D eigenvalue weighted by atomic mass is 10.0. The Morgan fingerprint density at radius 2 is 1.92 bits per heavy atom. The second-order valence-electron chi connectivity index (χ2n) is 5.20. The van der Waals surface area contributed by atoms with Crippen molar-refractivity contribution in [3.05, 3.63) is 34.6 Å². The number of benzene rings is 1. The van der Waals surface area contributed by atoms with Crippen LogP contribution in [0.4, 0.5) is 4.39 Å². The van der Waals surface area contributed by atoms with E-state index in [1.54, 1.807) is 6.92 Å². The SMILES string of the molecule is CCNC(=O)CCCC(=O)NC(CC(=O)O)c1ccc(Cl)c(F)c1. The Bertz CT molecular complexity index is 610. The van der Waals surface area contributed by atoms with Crippen molar-refractivity contribution in [2.75, 3.05) is 6.54 Å². The van der Waals surface area contributed by atoms with Crippen molar-refractivity contribution in [1.82, 2.24) is 10.6 Å². The van der Waals surface area contributed by atoms with Gasteiger partial charge in [-0.25, -0.2) is 4.39 Å². The first kappa shape index (κ1) is 19.9. The van der Waals surface area contributed by atoms with Crippen molar-refractivity contribution < 1.29 is 23.9 Å². The molecule has 0 heterocycles. The number of carbonyl (C=O) groups excluding carboxylic acids is 2. The van der Waals surface area contributed by atoms with Gasteiger partial charge < -0.3 is 15.7 Å². The zero-order valence-electron chi connectivity index (χ0n) is 13.3. The number of carbonyl (C=O) groups is 3. The first-order valence-electron chi connectivity index (χ1n) is 7.56. The molecule has 24 heavy (non-hydrogen) atoms. The van der Waals surface area contributed by atoms with Crippen molar-refractivity contribution in [2.45, 2.75) is 38.6 Å². The summed E-state index contributed by atoms with van der Waals surface area (Å²) >= 11 is 5.60. The Labute approximate surface area is 144 Å². The van der Waals surface area contributed by atoms with Gasteiger partial charge in [-0.15, -0.1) is 0 Å². The number of carboxylic acid groups (broad SMARTS) is 1. The van der Waals surface area contributed by atoms with E-state index in [1.165, 1.54) is 12.1 Å². The normalized spacial score (nSPS) is 11.6. The summed E-state index contributed by atoms with van der Waals surface area (Å²) < 4.78 is 13.5. The van der Waals surface area contributed by atoms with Gasteiger partial charge in [-0.2, -0.15) is 0 Å². The van der Waals surface area contributed by atoms with Gasteiger partial charge in [0.25, 0.3) is 0 Å². The van der Waals surface area contributed by atoms with Gasteiger partial charge in [0.2, 0.25) is 11.8 Å². The van der Waals surface area contributed by atoms with E-state index < -0.39 is 23.7 Å². The van der Waals surface area contributed by atoms with Crippen LogP contribution in [-0.4, -0.2) is 29.4 Å². The van der Waals surface area contributed by atoms with Crippen LogP contribution in [0.1, 0.15) is 44.2 Å². The lowest BCUT2D eigenvalue weighted by Gasteiger charge is -2.18. The molecule has 0 bridgehead atoms. The Hall–Kier alpha value is -2.15. The lowest BCUT2D eigenvalue weighted by Crippen LogP contribution is -2.30. The van der Waals surface area contributed by atoms with Gasteiger partial charge in [-0.05, 0) is 31.0 Å². The molecule has 2 amide bonds. The van der Waals surface area contributed by atoms with Crippen molar-refractivity contribution in [3.8, 4) is 0 Å². The van der Waals surface area contributed by atoms with Gasteiger partial charge >= 0.3 is 5.97 Å². The molecule has 132 valence electrons. The monoisotopic (exact) mass is 358 g/mol. The molecule has 0 radical (unpaired) electrons. The molecule has 0 aliphatic carbocycles. The lowest BCUT2D eigenvalue weighted by molar-refractivity contribution is -0.137. The maximum atomic E-state index is 13.5. The van der Waals surface area contributed by atoms with Crippen LogP contribution < -0.4 is 10.6 Å². The Kier molecular flexibility index (Phi) is 8.18. The van der Waals surface area contributed by atoms with Crippen LogP contribution in [0.25, 0.3) is 0 Å². The van der Waals surface area contributed by atoms with Gasteiger partial charge in [0, 0.05) is 19.4 Å². The third-order valence-corrected chi connectivity index (χ3v) is 3.55. The molecule has 0 saturated carbocycles. The largest absolute Gasteiger partial charge is 0.481 e. The summed E-state index contributed by atoms with van der Waals surface area (Å²) in [6.45, 7) is 2.32. The maximum Gasteiger partial charge on any atom is 0.305 e. The van der Waals surface area contributed by atoms with E-state index in [0.29, 0.717) is 18.5 Å². The zero-order valence-corrected chi connectivity index (χ0v) is 14.0. The fourth-order valence-corrected chi connectivity index (χ4v) is 2.24. The maximum absolute atomic E-state index is 13.5. The van der Waals surface area contributed by atoms with Crippen LogP contribution in [0.15, 0.2) is 18.2 Å². The summed E-state index contributed by atoms with van der Waals surface area (Å²) in [6.07, 6.45) is 0.235. The van der Waals surface area contributed by atoms with Crippen LogP contribution in [0.5, 0.6) is 0 Å². The van der Waals surface area contributed by atoms with E-state index in [-0.39, 0.29) is 30.2 Å². The van der Waals surface area contributed by atoms with E-state index in [4.69, 9.17) is 16.7 Å². The van der Waals surface area contributed by atoms with E-state index in [1.807, 2.05) is 0 Å². The predicted octanol–water partition coefficient (Wildman–Crippen LogP) is 2.42. The van der Waals surface area contributed by atoms with Gasteiger partial charge in [0.05, 0.1) is 17.5 Å². The van der Waals surface area contributed by atoms with Crippen LogP contribution in [0.3, 0.4) is 0 Å². The van der Waals surface area contributed by atoms with Gasteiger partial charge in [0.15, 0.2) is 0 Å². The van der Waals surface area contributed by atoms with Crippen LogP contribution in [0, 0.1) is 5.82 Å². The molecule has 0 aliphatic heterocycles. The average molecular weight is 359 g/mol. The van der Waals surface area contributed by atoms with Gasteiger partial charge in [-0.1, -0.05) is 17.7 Å². The van der Waals surface area contributed by atoms with E-state index in [2.05, 4.69) is 10.6 Å². The number of halogens is 2. The smallest absolute Gasteiger partial charge is 0.305 e. The molecule has 1 aromatic carbocycles. The Morgan fingerprint density at radius 3 is 2.50 bits per heavy atom. The summed E-state index contributed by atoms with van der Waals surface area (Å²) in [7, 11) is 0. The zero-order chi connectivity index (χ0) is 18.1. The molecule has 1 unspecified atom stereocenters. The average Bonchev–Trinajstić information content (AvgIpc) is 2.49. The number of rotatable bonds is 9. The number of nitrogens with one attached hydrogen (secondary N) is 2. The summed E-state index contributed by atoms with van der Waals surface area (Å²) in [4.78, 5) is 34.2. The molecule has 1 atom stereocenters. The van der Waals surface area contributed by atoms with Crippen molar-refractivity contribution >= 4 is 29.4 Å². The summed E-state index contributed by atoms with van der Waals surface area (Å²) in [5, 5.41) is 14.1. The third kappa shape index (κ3) is 6.95. The van der Waals surface area contributed by atoms with Crippen molar-refractivity contribution in [1.29, 1.82) is 0 Å². The molecule has 8 heteroatoms. The highest BCUT2D eigenvalue weighted by atomic mass is 35.5. The van der Waals surface area contributed by atoms with E-state index in [0.717, 1.165) is 6.07 Å². The summed E-state index contributed by atoms with van der Waals surface area (Å²) in [5.41, 5.74) is 0.316. The standard InChI is InChI=1S/C16H20ClFN2O4/c1-2-19-14(21)4-3-5-15(22)20-13(9-16(23)24)10-6-7-11(17)12(18)8-10/h6-8,13H,2-5,9H2,1H3,(H,19,21)(H,20,22)(H,23,24). The molecule has 1 aromatic rings. The van der Waals surface area contributed by atoms with Crippen LogP contribution in [-0.2, 0) is 14.4 Å². The van der Waals surface area contributed by atoms with E-state index >= 15 is 0 Å². The molecular weight excluding hydrogens is 339 g/mol. The molecule has 0 aromatic heterocycles. The van der Waals surface area contributed by atoms with Crippen molar-refractivity contribution in [2.24, 2.45) is 0 Å². The van der Waals surface area contributed by atoms with E-state index in [9.17, 15) is 18.8 Å². The third-order valence-electron chi connectivity index (χ3n) is 3.24. The summed E-state index contributed by atoms with van der Waals surface area (Å²) in [5.74, 6) is -2.36. The number of amides is 2. The topological polar surface area (TPSA) is 95.5 Å². The summed E-state index contributed by atoms with van der Waals surface area (Å²) in [6, 6.07) is 3.01. The highest BCUT2D eigenvalue weighted by molar-refractivity contribution is 6.30. The number of aliphatic carboxylic acids is 1.